The van der Waals surface area contributed by atoms with Crippen molar-refractivity contribution < 1.29 is 27.1 Å². The van der Waals surface area contributed by atoms with Gasteiger partial charge >= 0.3 is 22.4 Å². The van der Waals surface area contributed by atoms with Crippen LogP contribution in [-0.4, -0.2) is 4.98 Å². The molecule has 7 aromatic rings. The van der Waals surface area contributed by atoms with Gasteiger partial charge in [-0.15, -0.1) is 40.8 Å². The molecule has 5 aromatic carbocycles. The summed E-state index contributed by atoms with van der Waals surface area (Å²) in [4.78, 5) is 4.94. The Morgan fingerprint density at radius 3 is 2.04 bits per heavy atom. The van der Waals surface area contributed by atoms with E-state index in [1.165, 1.54) is 31.3 Å². The molecule has 0 N–H and O–H groups in total. The van der Waals surface area contributed by atoms with Crippen LogP contribution in [0.2, 0.25) is 0 Å². The van der Waals surface area contributed by atoms with Gasteiger partial charge in [0.05, 0.1) is 0 Å². The summed E-state index contributed by atoms with van der Waals surface area (Å²) in [7, 11) is 0. The van der Waals surface area contributed by atoms with Gasteiger partial charge in [0.25, 0.3) is 0 Å². The molecule has 47 heavy (non-hydrogen) atoms. The van der Waals surface area contributed by atoms with Crippen LogP contribution in [0.15, 0.2) is 109 Å². The van der Waals surface area contributed by atoms with Gasteiger partial charge in [-0.2, -0.15) is 53.3 Å². The van der Waals surface area contributed by atoms with E-state index < -0.39 is 0 Å². The first-order valence-corrected chi connectivity index (χ1v) is 16.5. The number of fused-ring (bicyclic) bond motifs is 3. The minimum absolute atomic E-state index is 0. The zero-order chi connectivity index (χ0) is 32.1. The Kier molecular flexibility index (Phi) is 9.04. The van der Waals surface area contributed by atoms with E-state index in [0.717, 1.165) is 33.5 Å². The molecule has 0 aliphatic rings. The van der Waals surface area contributed by atoms with Crippen molar-refractivity contribution in [3.05, 3.63) is 139 Å². The normalized spacial score (nSPS) is 11.9. The third kappa shape index (κ3) is 7.00. The van der Waals surface area contributed by atoms with E-state index in [1.54, 1.807) is 11.3 Å². The molecule has 0 aliphatic heterocycles. The van der Waals surface area contributed by atoms with E-state index in [9.17, 15) is 0 Å². The summed E-state index contributed by atoms with van der Waals surface area (Å²) in [5, 5.41) is 2.44. The molecule has 236 valence electrons. The molecule has 0 atom stereocenters. The van der Waals surface area contributed by atoms with E-state index >= 15 is 0 Å². The molecule has 0 bridgehead atoms. The molecule has 2 nitrogen and oxygen atoms in total. The number of pyridine rings is 1. The van der Waals surface area contributed by atoms with Gasteiger partial charge in [0.1, 0.15) is 0 Å². The van der Waals surface area contributed by atoms with E-state index in [0.29, 0.717) is 11.6 Å². The second-order valence-electron chi connectivity index (χ2n) is 13.9. The molecule has 4 heteroatoms. The first-order valence-electron chi connectivity index (χ1n) is 15.7. The van der Waals surface area contributed by atoms with Crippen LogP contribution in [0.3, 0.4) is 0 Å². The number of nitrogens with zero attached hydrogens (tertiary/aromatic N) is 1. The summed E-state index contributed by atoms with van der Waals surface area (Å²) in [5.74, 6) is 1.17. The van der Waals surface area contributed by atoms with Gasteiger partial charge < -0.3 is 4.74 Å². The Morgan fingerprint density at radius 2 is 1.32 bits per heavy atom. The van der Waals surface area contributed by atoms with Crippen molar-refractivity contribution in [1.29, 1.82) is 0 Å². The molecule has 7 rings (SSSR count). The van der Waals surface area contributed by atoms with E-state index in [-0.39, 0.29) is 33.2 Å². The Balaban J connectivity index is 0.00000386. The summed E-state index contributed by atoms with van der Waals surface area (Å²) < 4.78 is 8.71. The molecule has 0 saturated heterocycles. The molecule has 0 saturated carbocycles. The maximum Gasteiger partial charge on any atom is 3.00 e. The smallest absolute Gasteiger partial charge is 0.466 e. The maximum absolute atomic E-state index is 6.28. The Morgan fingerprint density at radius 1 is 0.596 bits per heavy atom. The standard InChI is InChI=1S/C43H36NOS.Au/c1-42(2,3)33-18-14-28(15-19-33)30-24-31(29-16-20-34(21-17-29)43(4,5)6)26-32(25-30)38-11-9-13-41(44-38)45-35-22-23-37-36-10-7-8-12-39(36)46-40(37)27-35;/h7-16,18-21,23-25,27H,1-6H3;/q-3;+3. The Bertz CT molecular complexity index is 2110. The van der Waals surface area contributed by atoms with E-state index in [1.807, 2.05) is 24.3 Å². The van der Waals surface area contributed by atoms with Crippen molar-refractivity contribution in [3.63, 3.8) is 0 Å². The van der Waals surface area contributed by atoms with Gasteiger partial charge in [0.15, 0.2) is 0 Å². The SMILES string of the molecule is CC(C)(C)c1c[c-]c(-c2[c-]c(-c3cccc(Oc4[c-]cc5c(c4)sc4ccccc45)n3)cc(-c3ccc(C(C)(C)C)cc3)c2)cc1.[Au+3]. The maximum atomic E-state index is 6.28. The quantitative estimate of drug-likeness (QED) is 0.128. The fourth-order valence-corrected chi connectivity index (χ4v) is 6.80. The van der Waals surface area contributed by atoms with E-state index in [4.69, 9.17) is 9.72 Å². The number of aromatic nitrogens is 1. The monoisotopic (exact) mass is 811 g/mol. The summed E-state index contributed by atoms with van der Waals surface area (Å²) in [6.45, 7) is 13.4. The third-order valence-electron chi connectivity index (χ3n) is 8.42. The first kappa shape index (κ1) is 32.9. The number of hydrogen-bond donors (Lipinski definition) is 0. The second kappa shape index (κ2) is 12.9. The van der Waals surface area contributed by atoms with Crippen LogP contribution in [0.4, 0.5) is 0 Å². The Hall–Kier alpha value is -3.99. The van der Waals surface area contributed by atoms with E-state index in [2.05, 4.69) is 145 Å². The van der Waals surface area contributed by atoms with Crippen molar-refractivity contribution >= 4 is 31.5 Å². The summed E-state index contributed by atoms with van der Waals surface area (Å²) in [6.07, 6.45) is 0. The number of thiophene rings is 1. The minimum atomic E-state index is 0. The van der Waals surface area contributed by atoms with Crippen molar-refractivity contribution in [2.75, 3.05) is 0 Å². The van der Waals surface area contributed by atoms with Gasteiger partial charge in [0.2, 0.25) is 5.88 Å². The molecule has 0 fully saturated rings. The van der Waals surface area contributed by atoms with Crippen LogP contribution in [0, 0.1) is 18.2 Å². The molecule has 0 amide bonds. The van der Waals surface area contributed by atoms with Gasteiger partial charge in [-0.25, -0.2) is 5.56 Å². The molecule has 0 spiro atoms. The molecular weight excluding hydrogens is 776 g/mol. The van der Waals surface area contributed by atoms with Crippen molar-refractivity contribution in [2.24, 2.45) is 0 Å². The predicted octanol–water partition coefficient (Wildman–Crippen LogP) is 12.2. The van der Waals surface area contributed by atoms with Crippen molar-refractivity contribution in [2.45, 2.75) is 52.4 Å². The van der Waals surface area contributed by atoms with Gasteiger partial charge in [-0.3, -0.25) is 4.98 Å². The topological polar surface area (TPSA) is 22.1 Å². The number of hydrogen-bond acceptors (Lipinski definition) is 3. The van der Waals surface area contributed by atoms with Crippen LogP contribution in [0.5, 0.6) is 11.6 Å². The zero-order valence-corrected chi connectivity index (χ0v) is 30.4. The van der Waals surface area contributed by atoms with Crippen LogP contribution in [-0.2, 0) is 33.2 Å². The number of rotatable bonds is 5. The molecule has 0 aliphatic carbocycles. The Labute approximate surface area is 298 Å². The third-order valence-corrected chi connectivity index (χ3v) is 9.55. The fraction of sp³-hybridized carbons (Fsp3) is 0.186. The second-order valence-corrected chi connectivity index (χ2v) is 15.0. The predicted molar refractivity (Wildman–Crippen MR) is 194 cm³/mol. The average Bonchev–Trinajstić information content (AvgIpc) is 3.42. The van der Waals surface area contributed by atoms with Crippen molar-refractivity contribution in [3.8, 4) is 45.1 Å². The average molecular weight is 812 g/mol. The fourth-order valence-electron chi connectivity index (χ4n) is 5.68. The van der Waals surface area contributed by atoms with Crippen LogP contribution in [0.25, 0.3) is 53.7 Å². The summed E-state index contributed by atoms with van der Waals surface area (Å²) in [6, 6.07) is 48.6. The van der Waals surface area contributed by atoms with Crippen molar-refractivity contribution in [1.82, 2.24) is 4.98 Å². The first-order chi connectivity index (χ1) is 22.0. The number of benzene rings is 5. The molecule has 0 unspecified atom stereocenters. The van der Waals surface area contributed by atoms with Crippen LogP contribution < -0.4 is 4.74 Å². The largest absolute Gasteiger partial charge is 3.00 e. The minimum Gasteiger partial charge on any atom is -0.466 e. The van der Waals surface area contributed by atoms with Gasteiger partial charge in [0, 0.05) is 16.1 Å². The molecule has 2 heterocycles. The zero-order valence-electron chi connectivity index (χ0n) is 27.5. The molecular formula is C43H36AuNOS. The van der Waals surface area contributed by atoms with Gasteiger partial charge in [-0.1, -0.05) is 112 Å². The van der Waals surface area contributed by atoms with Gasteiger partial charge in [-0.05, 0) is 34.1 Å². The molecule has 2 aromatic heterocycles. The van der Waals surface area contributed by atoms with Crippen LogP contribution >= 0.6 is 11.3 Å². The number of ether oxygens (including phenoxy) is 1. The molecule has 0 radical (unpaired) electrons. The van der Waals surface area contributed by atoms with Crippen LogP contribution in [0.1, 0.15) is 52.7 Å². The summed E-state index contributed by atoms with van der Waals surface area (Å²) in [5.41, 5.74) is 8.63. The summed E-state index contributed by atoms with van der Waals surface area (Å²) >= 11 is 1.76.